The first-order valence-electron chi connectivity index (χ1n) is 13.8. The van der Waals surface area contributed by atoms with Gasteiger partial charge in [0, 0.05) is 0 Å². The molecule has 2 aliphatic carbocycles. The molecule has 0 nitrogen and oxygen atoms in total. The van der Waals surface area contributed by atoms with Gasteiger partial charge in [-0.05, 0) is 0 Å². The monoisotopic (exact) mass is 718 g/mol. The van der Waals surface area contributed by atoms with Crippen LogP contribution in [0.5, 0.6) is 0 Å². The Bertz CT molecular complexity index is 1170. The van der Waals surface area contributed by atoms with Gasteiger partial charge in [0.15, 0.2) is 0 Å². The van der Waals surface area contributed by atoms with Crippen LogP contribution in [0.25, 0.3) is 12.2 Å². The van der Waals surface area contributed by atoms with Crippen molar-refractivity contribution in [3.8, 4) is 0 Å². The number of benzene rings is 2. The van der Waals surface area contributed by atoms with Crippen molar-refractivity contribution in [2.75, 3.05) is 0 Å². The molecule has 1 fully saturated rings. The van der Waals surface area contributed by atoms with Crippen molar-refractivity contribution in [2.45, 2.75) is 105 Å². The molecule has 0 N–H and O–H groups in total. The molecule has 5 rings (SSSR count). The molecule has 2 atom stereocenters. The maximum atomic E-state index is 2.62. The number of hydrogen-bond donors (Lipinski definition) is 0. The summed E-state index contributed by atoms with van der Waals surface area (Å²) in [6, 6.07) is 17.8. The molecule has 1 heterocycles. The summed E-state index contributed by atoms with van der Waals surface area (Å²) in [5, 5.41) is 0. The minimum atomic E-state index is -2.22. The first kappa shape index (κ1) is 31.1. The van der Waals surface area contributed by atoms with Gasteiger partial charge in [-0.1, -0.05) is 0 Å². The third-order valence-electron chi connectivity index (χ3n) is 8.66. The molecule has 1 saturated heterocycles. The normalized spacial score (nSPS) is 20.6. The van der Waals surface area contributed by atoms with E-state index in [0.717, 1.165) is 7.35 Å². The van der Waals surface area contributed by atoms with Crippen molar-refractivity contribution in [1.29, 1.82) is 0 Å². The zero-order valence-corrected chi connectivity index (χ0v) is 30.2. The summed E-state index contributed by atoms with van der Waals surface area (Å²) in [4.78, 5) is 0. The topological polar surface area (TPSA) is 0 Å². The van der Waals surface area contributed by atoms with E-state index in [4.69, 9.17) is 0 Å². The first-order chi connectivity index (χ1) is 16.5. The average molecular weight is 718 g/mol. The Morgan fingerprint density at radius 3 is 1.43 bits per heavy atom. The Morgan fingerprint density at radius 1 is 0.649 bits per heavy atom. The van der Waals surface area contributed by atoms with E-state index >= 15 is 0 Å². The first-order valence-corrected chi connectivity index (χ1v) is 25.3. The van der Waals surface area contributed by atoms with Gasteiger partial charge in [0.1, 0.15) is 0 Å². The second-order valence-electron chi connectivity index (χ2n) is 13.4. The average Bonchev–Trinajstić information content (AvgIpc) is 3.29. The van der Waals surface area contributed by atoms with Crippen LogP contribution < -0.4 is 24.8 Å². The van der Waals surface area contributed by atoms with Crippen molar-refractivity contribution in [3.63, 3.8) is 0 Å². The zero-order chi connectivity index (χ0) is 25.1. The summed E-state index contributed by atoms with van der Waals surface area (Å²) in [7, 11) is 0. The van der Waals surface area contributed by atoms with Gasteiger partial charge in [-0.2, -0.15) is 0 Å². The summed E-state index contributed by atoms with van der Waals surface area (Å²) in [6.07, 6.45) is 9.71. The van der Waals surface area contributed by atoms with Crippen LogP contribution in [0.1, 0.15) is 115 Å². The standard InChI is InChI=1S/2C14H17.C5H10Si.2ClH.Hf/c2*1-10-8-11-6-5-7-13(12(11)9-10)14(2,3)4;1-2-4-6-5-3-1;;;/h2*5-9H,1-4H3;1-5H2;2*1H;/q;;;;;+2/p-2. The fourth-order valence-electron chi connectivity index (χ4n) is 7.08. The molecule has 0 spiro atoms. The number of halogens is 2. The molecule has 37 heavy (non-hydrogen) atoms. The van der Waals surface area contributed by atoms with Crippen LogP contribution in [-0.2, 0) is 30.9 Å². The molecule has 0 aromatic heterocycles. The van der Waals surface area contributed by atoms with Gasteiger partial charge in [0.2, 0.25) is 0 Å². The molecule has 2 aromatic rings. The summed E-state index contributed by atoms with van der Waals surface area (Å²) in [5.74, 6) is 0. The molecule has 1 aliphatic heterocycles. The molecule has 3 aliphatic rings. The molecule has 0 radical (unpaired) electrons. The van der Waals surface area contributed by atoms with E-state index in [0.29, 0.717) is 0 Å². The quantitative estimate of drug-likeness (QED) is 0.417. The maximum Gasteiger partial charge on any atom is -1.00 e. The molecule has 198 valence electrons. The van der Waals surface area contributed by atoms with Crippen molar-refractivity contribution >= 4 is 17.6 Å². The Kier molecular flexibility index (Phi) is 9.75. The van der Waals surface area contributed by atoms with Gasteiger partial charge >= 0.3 is 224 Å². The van der Waals surface area contributed by atoms with Gasteiger partial charge in [-0.25, -0.2) is 0 Å². The van der Waals surface area contributed by atoms with Gasteiger partial charge in [0.25, 0.3) is 0 Å². The molecule has 0 amide bonds. The number of rotatable bonds is 2. The van der Waals surface area contributed by atoms with E-state index in [1.165, 1.54) is 19.3 Å². The third kappa shape index (κ3) is 5.75. The van der Waals surface area contributed by atoms with E-state index in [1.54, 1.807) is 56.6 Å². The third-order valence-corrected chi connectivity index (χ3v) is 40.3. The molecular weight excluding hydrogens is 674 g/mol. The van der Waals surface area contributed by atoms with E-state index in [2.05, 4.69) is 104 Å². The molecule has 4 heteroatoms. The van der Waals surface area contributed by atoms with E-state index in [9.17, 15) is 0 Å². The van der Waals surface area contributed by atoms with Gasteiger partial charge in [0.05, 0.1) is 0 Å². The molecule has 0 saturated carbocycles. The van der Waals surface area contributed by atoms with Crippen LogP contribution in [0.4, 0.5) is 0 Å². The zero-order valence-electron chi connectivity index (χ0n) is 24.1. The molecular formula is C33H44Cl2HfSi. The van der Waals surface area contributed by atoms with Crippen molar-refractivity contribution in [3.05, 3.63) is 80.9 Å². The van der Waals surface area contributed by atoms with Crippen LogP contribution in [0, 0.1) is 0 Å². The molecule has 0 bridgehead atoms. The van der Waals surface area contributed by atoms with E-state index < -0.39 is 20.1 Å². The smallest absolute Gasteiger partial charge is 1.00 e. The Balaban J connectivity index is 0.00000190. The summed E-state index contributed by atoms with van der Waals surface area (Å²) >= 11 is -2.22. The molecule has 2 aromatic carbocycles. The van der Waals surface area contributed by atoms with Crippen molar-refractivity contribution in [1.82, 2.24) is 0 Å². The SMILES string of the molecule is CC1=Cc2c(cccc2C(C)(C)C)[CH]1[Hf+2]([CH]1C(C)=Cc2c1cccc2C(C)(C)C)=[Si]1CCCCC1.[Cl-].[Cl-]. The number of allylic oxidation sites excluding steroid dienone is 2. The summed E-state index contributed by atoms with van der Waals surface area (Å²) in [6.45, 7) is 19.3. The van der Waals surface area contributed by atoms with Crippen LogP contribution in [0.15, 0.2) is 47.5 Å². The largest absolute Gasteiger partial charge is 1.00 e. The van der Waals surface area contributed by atoms with Crippen LogP contribution in [0.2, 0.25) is 12.1 Å². The summed E-state index contributed by atoms with van der Waals surface area (Å²) < 4.78 is 1.56. The van der Waals surface area contributed by atoms with Crippen LogP contribution in [0.3, 0.4) is 0 Å². The van der Waals surface area contributed by atoms with E-state index in [-0.39, 0.29) is 41.1 Å². The van der Waals surface area contributed by atoms with Gasteiger partial charge in [-0.15, -0.1) is 0 Å². The minimum Gasteiger partial charge on any atom is -1.00 e. The van der Waals surface area contributed by atoms with Crippen LogP contribution in [-0.4, -0.2) is 5.49 Å². The predicted molar refractivity (Wildman–Crippen MR) is 152 cm³/mol. The number of fused-ring (bicyclic) bond motifs is 2. The second-order valence-corrected chi connectivity index (χ2v) is 35.4. The Labute approximate surface area is 246 Å². The van der Waals surface area contributed by atoms with E-state index in [1.807, 2.05) is 0 Å². The number of hydrogen-bond acceptors (Lipinski definition) is 0. The Morgan fingerprint density at radius 2 is 1.05 bits per heavy atom. The summed E-state index contributed by atoms with van der Waals surface area (Å²) in [5.41, 5.74) is 13.2. The molecule has 2 unspecified atom stereocenters. The van der Waals surface area contributed by atoms with Gasteiger partial charge in [-0.3, -0.25) is 0 Å². The fourth-order valence-corrected chi connectivity index (χ4v) is 44.7. The minimum absolute atomic E-state index is 0. The maximum absolute atomic E-state index is 2.62. The second kappa shape index (κ2) is 11.6. The Hall–Kier alpha value is -0.413. The predicted octanol–water partition coefficient (Wildman–Crippen LogP) is 3.70. The van der Waals surface area contributed by atoms with Crippen molar-refractivity contribution in [2.24, 2.45) is 0 Å². The van der Waals surface area contributed by atoms with Crippen molar-refractivity contribution < 1.29 is 44.9 Å². The fraction of sp³-hybridized carbons (Fsp3) is 0.515. The van der Waals surface area contributed by atoms with Crippen LogP contribution >= 0.6 is 0 Å². The van der Waals surface area contributed by atoms with Gasteiger partial charge < -0.3 is 24.8 Å².